The maximum atomic E-state index is 11.8. The molecule has 0 aliphatic carbocycles. The number of esters is 2. The molecule has 138 valence electrons. The molecule has 0 bridgehead atoms. The van der Waals surface area contributed by atoms with Crippen LogP contribution < -0.4 is 5.32 Å². The van der Waals surface area contributed by atoms with Crippen molar-refractivity contribution in [2.45, 2.75) is 72.1 Å². The predicted molar refractivity (Wildman–Crippen MR) is 89.4 cm³/mol. The van der Waals surface area contributed by atoms with E-state index in [0.717, 1.165) is 0 Å². The standard InChI is InChI=1S/C17H29NO6/c1-7-22-15(20)11-9-8-10-14(23-13(3)19)12(2)18-16(21)24-17(4,5)6/h9,11-12,14H,7-8,10H2,1-6H3,(H,18,21)/b11-9+/t12-,14?/m0/s1. The number of amides is 1. The van der Waals surface area contributed by atoms with Gasteiger partial charge in [0.1, 0.15) is 11.7 Å². The molecule has 7 nitrogen and oxygen atoms in total. The van der Waals surface area contributed by atoms with Crippen LogP contribution in [0.4, 0.5) is 4.79 Å². The third-order valence-electron chi connectivity index (χ3n) is 2.78. The topological polar surface area (TPSA) is 90.9 Å². The molecule has 0 aromatic rings. The van der Waals surface area contributed by atoms with E-state index in [4.69, 9.17) is 14.2 Å². The number of allylic oxidation sites excluding steroid dienone is 1. The van der Waals surface area contributed by atoms with Gasteiger partial charge in [0.25, 0.3) is 0 Å². The molecule has 0 fully saturated rings. The molecule has 0 rings (SSSR count). The Balaban J connectivity index is 4.56. The van der Waals surface area contributed by atoms with Crippen molar-refractivity contribution in [3.05, 3.63) is 12.2 Å². The quantitative estimate of drug-likeness (QED) is 0.414. The van der Waals surface area contributed by atoms with Crippen LogP contribution in [0.3, 0.4) is 0 Å². The van der Waals surface area contributed by atoms with Crippen LogP contribution in [0.1, 0.15) is 54.4 Å². The molecule has 0 spiro atoms. The first-order valence-electron chi connectivity index (χ1n) is 8.05. The van der Waals surface area contributed by atoms with E-state index in [1.54, 1.807) is 40.7 Å². The molecular weight excluding hydrogens is 314 g/mol. The monoisotopic (exact) mass is 343 g/mol. The number of alkyl carbamates (subject to hydrolysis) is 1. The van der Waals surface area contributed by atoms with Crippen molar-refractivity contribution in [2.75, 3.05) is 6.61 Å². The number of hydrogen-bond acceptors (Lipinski definition) is 6. The molecule has 7 heteroatoms. The van der Waals surface area contributed by atoms with Gasteiger partial charge in [-0.3, -0.25) is 4.79 Å². The second-order valence-electron chi connectivity index (χ2n) is 6.31. The Bertz CT molecular complexity index is 452. The lowest BCUT2D eigenvalue weighted by Crippen LogP contribution is -2.45. The van der Waals surface area contributed by atoms with Gasteiger partial charge in [-0.05, 0) is 47.5 Å². The minimum absolute atomic E-state index is 0.316. The number of rotatable bonds is 8. The lowest BCUT2D eigenvalue weighted by molar-refractivity contribution is -0.148. The summed E-state index contributed by atoms with van der Waals surface area (Å²) in [7, 11) is 0. The SMILES string of the molecule is CCOC(=O)/C=C/CCC(OC(C)=O)[C@H](C)NC(=O)OC(C)(C)C. The third kappa shape index (κ3) is 11.5. The van der Waals surface area contributed by atoms with Crippen LogP contribution in [0.2, 0.25) is 0 Å². The Kier molecular flexibility index (Phi) is 9.76. The molecule has 0 aromatic carbocycles. The highest BCUT2D eigenvalue weighted by Gasteiger charge is 2.24. The summed E-state index contributed by atoms with van der Waals surface area (Å²) in [6.07, 6.45) is 2.83. The van der Waals surface area contributed by atoms with E-state index in [2.05, 4.69) is 5.32 Å². The predicted octanol–water partition coefficient (Wildman–Crippen LogP) is 2.73. The molecule has 0 aliphatic rings. The minimum atomic E-state index is -0.608. The fourth-order valence-electron chi connectivity index (χ4n) is 1.84. The van der Waals surface area contributed by atoms with Gasteiger partial charge in [0.15, 0.2) is 0 Å². The fraction of sp³-hybridized carbons (Fsp3) is 0.706. The second kappa shape index (κ2) is 10.7. The number of hydrogen-bond donors (Lipinski definition) is 1. The Hall–Kier alpha value is -2.05. The van der Waals surface area contributed by atoms with Crippen LogP contribution in [0.25, 0.3) is 0 Å². The highest BCUT2D eigenvalue weighted by atomic mass is 16.6. The Morgan fingerprint density at radius 3 is 2.33 bits per heavy atom. The minimum Gasteiger partial charge on any atom is -0.463 e. The number of ether oxygens (including phenoxy) is 3. The molecule has 2 atom stereocenters. The third-order valence-corrected chi connectivity index (χ3v) is 2.78. The van der Waals surface area contributed by atoms with Gasteiger partial charge in [-0.25, -0.2) is 9.59 Å². The first-order valence-corrected chi connectivity index (χ1v) is 8.05. The van der Waals surface area contributed by atoms with E-state index in [1.165, 1.54) is 13.0 Å². The van der Waals surface area contributed by atoms with Crippen molar-refractivity contribution in [1.82, 2.24) is 5.32 Å². The summed E-state index contributed by atoms with van der Waals surface area (Å²) in [4.78, 5) is 34.3. The van der Waals surface area contributed by atoms with Gasteiger partial charge in [0, 0.05) is 13.0 Å². The van der Waals surface area contributed by atoms with E-state index < -0.39 is 35.8 Å². The summed E-state index contributed by atoms with van der Waals surface area (Å²) >= 11 is 0. The van der Waals surface area contributed by atoms with Crippen LogP contribution >= 0.6 is 0 Å². The second-order valence-corrected chi connectivity index (χ2v) is 6.31. The van der Waals surface area contributed by atoms with Crippen molar-refractivity contribution in [3.8, 4) is 0 Å². The summed E-state index contributed by atoms with van der Waals surface area (Å²) in [6.45, 7) is 10.4. The van der Waals surface area contributed by atoms with Crippen molar-refractivity contribution in [2.24, 2.45) is 0 Å². The van der Waals surface area contributed by atoms with Gasteiger partial charge >= 0.3 is 18.0 Å². The number of carbonyl (C=O) groups is 3. The van der Waals surface area contributed by atoms with E-state index in [-0.39, 0.29) is 0 Å². The summed E-state index contributed by atoms with van der Waals surface area (Å²) < 4.78 is 15.2. The molecule has 0 heterocycles. The van der Waals surface area contributed by atoms with Gasteiger partial charge in [0.2, 0.25) is 0 Å². The van der Waals surface area contributed by atoms with Gasteiger partial charge in [-0.15, -0.1) is 0 Å². The van der Waals surface area contributed by atoms with Crippen LogP contribution in [0.5, 0.6) is 0 Å². The van der Waals surface area contributed by atoms with Gasteiger partial charge in [0.05, 0.1) is 12.6 Å². The van der Waals surface area contributed by atoms with Crippen LogP contribution in [-0.2, 0) is 23.8 Å². The number of carbonyl (C=O) groups excluding carboxylic acids is 3. The van der Waals surface area contributed by atoms with Crippen LogP contribution in [0.15, 0.2) is 12.2 Å². The normalized spacial score (nSPS) is 13.9. The first-order chi connectivity index (χ1) is 11.0. The van der Waals surface area contributed by atoms with E-state index in [1.807, 2.05) is 0 Å². The zero-order chi connectivity index (χ0) is 18.8. The average molecular weight is 343 g/mol. The number of nitrogens with one attached hydrogen (secondary N) is 1. The maximum Gasteiger partial charge on any atom is 0.407 e. The highest BCUT2D eigenvalue weighted by Crippen LogP contribution is 2.11. The summed E-state index contributed by atoms with van der Waals surface area (Å²) in [6, 6.07) is -0.431. The molecule has 0 radical (unpaired) electrons. The molecule has 0 aliphatic heterocycles. The molecule has 1 unspecified atom stereocenters. The lowest BCUT2D eigenvalue weighted by Gasteiger charge is -2.26. The summed E-state index contributed by atoms with van der Waals surface area (Å²) in [5.74, 6) is -0.853. The molecule has 24 heavy (non-hydrogen) atoms. The van der Waals surface area contributed by atoms with E-state index >= 15 is 0 Å². The smallest absolute Gasteiger partial charge is 0.407 e. The zero-order valence-corrected chi connectivity index (χ0v) is 15.4. The largest absolute Gasteiger partial charge is 0.463 e. The van der Waals surface area contributed by atoms with Crippen molar-refractivity contribution < 1.29 is 28.6 Å². The lowest BCUT2D eigenvalue weighted by atomic mass is 10.1. The van der Waals surface area contributed by atoms with Crippen molar-refractivity contribution in [1.29, 1.82) is 0 Å². The molecule has 0 aromatic heterocycles. The Morgan fingerprint density at radius 2 is 1.83 bits per heavy atom. The molecular formula is C17H29NO6. The van der Waals surface area contributed by atoms with E-state index in [9.17, 15) is 14.4 Å². The maximum absolute atomic E-state index is 11.8. The van der Waals surface area contributed by atoms with Gasteiger partial charge in [-0.1, -0.05) is 6.08 Å². The highest BCUT2D eigenvalue weighted by molar-refractivity contribution is 5.81. The van der Waals surface area contributed by atoms with Gasteiger partial charge < -0.3 is 19.5 Å². The molecule has 0 saturated heterocycles. The summed E-state index contributed by atoms with van der Waals surface area (Å²) in [5, 5.41) is 2.66. The van der Waals surface area contributed by atoms with E-state index in [0.29, 0.717) is 19.4 Å². The van der Waals surface area contributed by atoms with Crippen LogP contribution in [-0.4, -0.2) is 42.4 Å². The summed E-state index contributed by atoms with van der Waals surface area (Å²) in [5.41, 5.74) is -0.608. The zero-order valence-electron chi connectivity index (χ0n) is 15.4. The van der Waals surface area contributed by atoms with Gasteiger partial charge in [-0.2, -0.15) is 0 Å². The Labute approximate surface area is 143 Å². The average Bonchev–Trinajstić information content (AvgIpc) is 2.39. The fourth-order valence-corrected chi connectivity index (χ4v) is 1.84. The first kappa shape index (κ1) is 21.9. The Morgan fingerprint density at radius 1 is 1.21 bits per heavy atom. The van der Waals surface area contributed by atoms with Crippen molar-refractivity contribution >= 4 is 18.0 Å². The molecule has 0 saturated carbocycles. The van der Waals surface area contributed by atoms with Crippen LogP contribution in [0, 0.1) is 0 Å². The molecule has 1 amide bonds. The molecule has 1 N–H and O–H groups in total. The van der Waals surface area contributed by atoms with Crippen molar-refractivity contribution in [3.63, 3.8) is 0 Å².